The molecular weight excluding hydrogens is 424 g/mol. The standard InChI is InChI=1S/C20H13ClF4N4O/c21-14-6-11(2-3-12(14)9-27)13-7-17(28-18(13)20(23,24)25)19(30)29-16-4-1-10(8-26)5-15(16)22/h1-6,13,17-18,28H,7H2,(H,29,30). The second-order valence-corrected chi connectivity index (χ2v) is 7.13. The van der Waals surface area contributed by atoms with Gasteiger partial charge in [0, 0.05) is 5.92 Å². The van der Waals surface area contributed by atoms with Crippen molar-refractivity contribution in [2.75, 3.05) is 5.32 Å². The van der Waals surface area contributed by atoms with Crippen LogP contribution in [0, 0.1) is 28.5 Å². The van der Waals surface area contributed by atoms with Gasteiger partial charge in [-0.3, -0.25) is 10.1 Å². The number of benzene rings is 2. The van der Waals surface area contributed by atoms with Crippen molar-refractivity contribution in [2.24, 2.45) is 0 Å². The average molecular weight is 437 g/mol. The third-order valence-corrected chi connectivity index (χ3v) is 5.15. The first kappa shape index (κ1) is 21.6. The summed E-state index contributed by atoms with van der Waals surface area (Å²) in [7, 11) is 0. The first-order chi connectivity index (χ1) is 14.1. The van der Waals surface area contributed by atoms with Crippen molar-refractivity contribution in [3.8, 4) is 12.1 Å². The predicted molar refractivity (Wildman–Crippen MR) is 100 cm³/mol. The SMILES string of the molecule is N#Cc1ccc(NC(=O)C2CC(c3ccc(C#N)c(Cl)c3)C(C(F)(F)F)N2)c(F)c1. The van der Waals surface area contributed by atoms with Gasteiger partial charge >= 0.3 is 6.18 Å². The van der Waals surface area contributed by atoms with Crippen LogP contribution in [0.1, 0.15) is 29.0 Å². The highest BCUT2D eigenvalue weighted by Gasteiger charge is 2.52. The summed E-state index contributed by atoms with van der Waals surface area (Å²) in [6.07, 6.45) is -4.87. The van der Waals surface area contributed by atoms with E-state index >= 15 is 0 Å². The number of nitriles is 2. The van der Waals surface area contributed by atoms with Crippen molar-refractivity contribution in [3.63, 3.8) is 0 Å². The number of halogens is 5. The number of carbonyl (C=O) groups excluding carboxylic acids is 1. The fourth-order valence-corrected chi connectivity index (χ4v) is 3.61. The van der Waals surface area contributed by atoms with Crippen molar-refractivity contribution >= 4 is 23.2 Å². The maximum atomic E-state index is 14.0. The molecular formula is C20H13ClF4N4O. The Morgan fingerprint density at radius 1 is 1.17 bits per heavy atom. The van der Waals surface area contributed by atoms with Gasteiger partial charge in [-0.05, 0) is 42.3 Å². The summed E-state index contributed by atoms with van der Waals surface area (Å²) < 4.78 is 54.8. The van der Waals surface area contributed by atoms with Crippen molar-refractivity contribution in [2.45, 2.75) is 30.6 Å². The highest BCUT2D eigenvalue weighted by molar-refractivity contribution is 6.31. The van der Waals surface area contributed by atoms with Gasteiger partial charge in [0.25, 0.3) is 0 Å². The quantitative estimate of drug-likeness (QED) is 0.704. The molecule has 5 nitrogen and oxygen atoms in total. The topological polar surface area (TPSA) is 88.7 Å². The number of nitrogens with one attached hydrogen (secondary N) is 2. The Labute approximate surface area is 173 Å². The highest BCUT2D eigenvalue weighted by Crippen LogP contribution is 2.40. The summed E-state index contributed by atoms with van der Waals surface area (Å²) in [5.74, 6) is -2.84. The fourth-order valence-electron chi connectivity index (χ4n) is 3.38. The van der Waals surface area contributed by atoms with E-state index in [0.29, 0.717) is 0 Å². The zero-order valence-electron chi connectivity index (χ0n) is 15.1. The number of hydrogen-bond donors (Lipinski definition) is 2. The number of rotatable bonds is 3. The Morgan fingerprint density at radius 2 is 1.90 bits per heavy atom. The van der Waals surface area contributed by atoms with Crippen molar-refractivity contribution in [1.29, 1.82) is 10.5 Å². The number of anilines is 1. The average Bonchev–Trinajstić information content (AvgIpc) is 3.15. The van der Waals surface area contributed by atoms with Crippen LogP contribution >= 0.6 is 11.6 Å². The number of amides is 1. The summed E-state index contributed by atoms with van der Waals surface area (Å²) in [5.41, 5.74) is 0.155. The highest BCUT2D eigenvalue weighted by atomic mass is 35.5. The van der Waals surface area contributed by atoms with Gasteiger partial charge in [0.15, 0.2) is 0 Å². The molecule has 10 heteroatoms. The van der Waals surface area contributed by atoms with Crippen molar-refractivity contribution < 1.29 is 22.4 Å². The maximum absolute atomic E-state index is 14.0. The Bertz CT molecular complexity index is 1070. The Balaban J connectivity index is 1.84. The van der Waals surface area contributed by atoms with E-state index in [1.807, 2.05) is 6.07 Å². The molecule has 0 aromatic heterocycles. The summed E-state index contributed by atoms with van der Waals surface area (Å²) in [6, 6.07) is 7.64. The first-order valence-corrected chi connectivity index (χ1v) is 9.04. The number of alkyl halides is 3. The minimum absolute atomic E-state index is 0.0171. The molecule has 0 bridgehead atoms. The second-order valence-electron chi connectivity index (χ2n) is 6.73. The lowest BCUT2D eigenvalue weighted by molar-refractivity contribution is -0.156. The van der Waals surface area contributed by atoms with Crippen LogP contribution in [-0.2, 0) is 4.79 Å². The van der Waals surface area contributed by atoms with Gasteiger partial charge in [-0.25, -0.2) is 4.39 Å². The molecule has 0 spiro atoms. The van der Waals surface area contributed by atoms with Gasteiger partial charge < -0.3 is 5.32 Å². The van der Waals surface area contributed by atoms with Crippen LogP contribution in [0.25, 0.3) is 0 Å². The molecule has 3 rings (SSSR count). The molecule has 3 unspecified atom stereocenters. The largest absolute Gasteiger partial charge is 0.404 e. The summed E-state index contributed by atoms with van der Waals surface area (Å²) >= 11 is 5.95. The van der Waals surface area contributed by atoms with E-state index in [9.17, 15) is 22.4 Å². The molecule has 0 saturated carbocycles. The van der Waals surface area contributed by atoms with E-state index in [4.69, 9.17) is 22.1 Å². The third-order valence-electron chi connectivity index (χ3n) is 4.84. The van der Waals surface area contributed by atoms with Gasteiger partial charge in [-0.1, -0.05) is 17.7 Å². The maximum Gasteiger partial charge on any atom is 0.404 e. The minimum Gasteiger partial charge on any atom is -0.322 e. The van der Waals surface area contributed by atoms with Crippen LogP contribution in [0.5, 0.6) is 0 Å². The Hall–Kier alpha value is -3.14. The van der Waals surface area contributed by atoms with Crippen LogP contribution < -0.4 is 10.6 Å². The third kappa shape index (κ3) is 4.38. The normalized spacial score (nSPS) is 21.0. The molecule has 154 valence electrons. The van der Waals surface area contributed by atoms with E-state index in [1.54, 1.807) is 6.07 Å². The minimum atomic E-state index is -4.65. The lowest BCUT2D eigenvalue weighted by atomic mass is 9.89. The van der Waals surface area contributed by atoms with Gasteiger partial charge in [-0.15, -0.1) is 0 Å². The van der Waals surface area contributed by atoms with Crippen LogP contribution in [-0.4, -0.2) is 24.2 Å². The Morgan fingerprint density at radius 3 is 2.47 bits per heavy atom. The van der Waals surface area contributed by atoms with E-state index in [-0.39, 0.29) is 33.8 Å². The summed E-state index contributed by atoms with van der Waals surface area (Å²) in [4.78, 5) is 12.5. The molecule has 2 aromatic rings. The van der Waals surface area contributed by atoms with E-state index in [2.05, 4.69) is 10.6 Å². The molecule has 0 aliphatic carbocycles. The van der Waals surface area contributed by atoms with Crippen LogP contribution in [0.2, 0.25) is 5.02 Å². The van der Waals surface area contributed by atoms with Crippen LogP contribution in [0.4, 0.5) is 23.2 Å². The van der Waals surface area contributed by atoms with Gasteiger partial charge in [0.2, 0.25) is 5.91 Å². The molecule has 1 amide bonds. The lowest BCUT2D eigenvalue weighted by Gasteiger charge is -2.22. The molecule has 1 aliphatic heterocycles. The zero-order chi connectivity index (χ0) is 22.1. The number of carbonyl (C=O) groups is 1. The van der Waals surface area contributed by atoms with Crippen molar-refractivity contribution in [1.82, 2.24) is 5.32 Å². The molecule has 30 heavy (non-hydrogen) atoms. The second kappa shape index (κ2) is 8.31. The van der Waals surface area contributed by atoms with Gasteiger partial charge in [-0.2, -0.15) is 23.7 Å². The lowest BCUT2D eigenvalue weighted by Crippen LogP contribution is -2.46. The van der Waals surface area contributed by atoms with E-state index in [1.165, 1.54) is 30.3 Å². The monoisotopic (exact) mass is 436 g/mol. The summed E-state index contributed by atoms with van der Waals surface area (Å²) in [5, 5.41) is 22.2. The molecule has 1 saturated heterocycles. The van der Waals surface area contributed by atoms with E-state index < -0.39 is 35.9 Å². The van der Waals surface area contributed by atoms with Gasteiger partial charge in [0.05, 0.1) is 33.9 Å². The first-order valence-electron chi connectivity index (χ1n) is 8.67. The summed E-state index contributed by atoms with van der Waals surface area (Å²) in [6.45, 7) is 0. The molecule has 1 heterocycles. The van der Waals surface area contributed by atoms with Crippen LogP contribution in [0.15, 0.2) is 36.4 Å². The van der Waals surface area contributed by atoms with E-state index in [0.717, 1.165) is 6.07 Å². The zero-order valence-corrected chi connectivity index (χ0v) is 15.9. The number of hydrogen-bond acceptors (Lipinski definition) is 4. The van der Waals surface area contributed by atoms with Gasteiger partial charge in [0.1, 0.15) is 17.9 Å². The molecule has 2 N–H and O–H groups in total. The molecule has 1 fully saturated rings. The van der Waals surface area contributed by atoms with Crippen LogP contribution in [0.3, 0.4) is 0 Å². The molecule has 2 aromatic carbocycles. The molecule has 1 aliphatic rings. The smallest absolute Gasteiger partial charge is 0.322 e. The molecule has 0 radical (unpaired) electrons. The predicted octanol–water partition coefficient (Wildman–Crippen LogP) is 4.24. The van der Waals surface area contributed by atoms with Crippen molar-refractivity contribution in [3.05, 3.63) is 63.9 Å². The fraction of sp³-hybridized carbons (Fsp3) is 0.250. The Kier molecular flexibility index (Phi) is 5.97. The number of nitrogens with zero attached hydrogens (tertiary/aromatic N) is 2. The molecule has 3 atom stereocenters.